The highest BCUT2D eigenvalue weighted by molar-refractivity contribution is 5.85. The number of hydrogen-bond acceptors (Lipinski definition) is 4. The fourth-order valence-electron chi connectivity index (χ4n) is 2.33. The summed E-state index contributed by atoms with van der Waals surface area (Å²) in [5.74, 6) is -0.442. The summed E-state index contributed by atoms with van der Waals surface area (Å²) in [5.41, 5.74) is 6.31. The van der Waals surface area contributed by atoms with Crippen LogP contribution in [0.2, 0.25) is 0 Å². The van der Waals surface area contributed by atoms with E-state index in [-0.39, 0.29) is 35.4 Å². The SMILES string of the molecule is Cl.N[C@H](c1cc(OC(F)(F)F)ccc1O)C1CCOCC1. The van der Waals surface area contributed by atoms with Gasteiger partial charge in [-0.05, 0) is 37.0 Å². The number of alkyl halides is 3. The molecule has 3 N–H and O–H groups in total. The molecule has 0 amide bonds. The average molecular weight is 328 g/mol. The number of phenolic OH excluding ortho intramolecular Hbond substituents is 1. The number of hydrogen-bond donors (Lipinski definition) is 2. The Labute approximate surface area is 126 Å². The number of ether oxygens (including phenoxy) is 2. The van der Waals surface area contributed by atoms with Gasteiger partial charge in [-0.2, -0.15) is 0 Å². The number of halogens is 4. The molecule has 0 aliphatic carbocycles. The second-order valence-corrected chi connectivity index (χ2v) is 4.74. The molecule has 1 aromatic carbocycles. The van der Waals surface area contributed by atoms with Crippen molar-refractivity contribution in [3.8, 4) is 11.5 Å². The Hall–Kier alpha value is -1.18. The largest absolute Gasteiger partial charge is 0.573 e. The van der Waals surface area contributed by atoms with Crippen LogP contribution in [-0.4, -0.2) is 24.7 Å². The number of phenols is 1. The zero-order chi connectivity index (χ0) is 14.8. The van der Waals surface area contributed by atoms with Crippen LogP contribution in [-0.2, 0) is 4.74 Å². The zero-order valence-electron chi connectivity index (χ0n) is 11.1. The molecule has 0 aromatic heterocycles. The van der Waals surface area contributed by atoms with Crippen LogP contribution in [0.15, 0.2) is 18.2 Å². The maximum Gasteiger partial charge on any atom is 0.573 e. The van der Waals surface area contributed by atoms with Crippen LogP contribution in [0.25, 0.3) is 0 Å². The van der Waals surface area contributed by atoms with Gasteiger partial charge in [0.2, 0.25) is 0 Å². The van der Waals surface area contributed by atoms with E-state index < -0.39 is 12.4 Å². The van der Waals surface area contributed by atoms with Crippen molar-refractivity contribution in [2.75, 3.05) is 13.2 Å². The van der Waals surface area contributed by atoms with Crippen LogP contribution in [0.4, 0.5) is 13.2 Å². The van der Waals surface area contributed by atoms with Gasteiger partial charge in [0, 0.05) is 24.8 Å². The molecule has 0 saturated carbocycles. The van der Waals surface area contributed by atoms with Crippen LogP contribution >= 0.6 is 12.4 Å². The minimum Gasteiger partial charge on any atom is -0.508 e. The standard InChI is InChI=1S/C13H16F3NO3.ClH/c14-13(15,16)20-9-1-2-11(18)10(7-9)12(17)8-3-5-19-6-4-8;/h1-2,7-8,12,18H,3-6,17H2;1H/t12-;/m0./s1. The lowest BCUT2D eigenvalue weighted by atomic mass is 9.87. The van der Waals surface area contributed by atoms with Crippen molar-refractivity contribution >= 4 is 12.4 Å². The van der Waals surface area contributed by atoms with Gasteiger partial charge in [0.1, 0.15) is 11.5 Å². The Bertz CT molecular complexity index is 464. The topological polar surface area (TPSA) is 64.7 Å². The number of rotatable bonds is 3. The summed E-state index contributed by atoms with van der Waals surface area (Å²) in [6.45, 7) is 1.13. The highest BCUT2D eigenvalue weighted by atomic mass is 35.5. The van der Waals surface area contributed by atoms with E-state index in [2.05, 4.69) is 4.74 Å². The maximum atomic E-state index is 12.2. The molecule has 1 aliphatic heterocycles. The van der Waals surface area contributed by atoms with Gasteiger partial charge in [0.25, 0.3) is 0 Å². The molecule has 21 heavy (non-hydrogen) atoms. The van der Waals surface area contributed by atoms with E-state index in [1.165, 1.54) is 0 Å². The molecule has 0 spiro atoms. The molecule has 1 heterocycles. The quantitative estimate of drug-likeness (QED) is 0.895. The van der Waals surface area contributed by atoms with E-state index >= 15 is 0 Å². The van der Waals surface area contributed by atoms with E-state index in [1.807, 2.05) is 0 Å². The molecule has 2 rings (SSSR count). The van der Waals surface area contributed by atoms with Crippen LogP contribution in [0.3, 0.4) is 0 Å². The molecule has 1 aliphatic rings. The molecule has 4 nitrogen and oxygen atoms in total. The van der Waals surface area contributed by atoms with Crippen molar-refractivity contribution in [2.24, 2.45) is 11.7 Å². The number of nitrogens with two attached hydrogens (primary N) is 1. The fourth-order valence-corrected chi connectivity index (χ4v) is 2.33. The second-order valence-electron chi connectivity index (χ2n) is 4.74. The van der Waals surface area contributed by atoms with Crippen molar-refractivity contribution in [3.63, 3.8) is 0 Å². The minimum atomic E-state index is -4.77. The predicted molar refractivity (Wildman–Crippen MR) is 72.5 cm³/mol. The Morgan fingerprint density at radius 3 is 2.48 bits per heavy atom. The van der Waals surface area contributed by atoms with Crippen molar-refractivity contribution in [3.05, 3.63) is 23.8 Å². The number of benzene rings is 1. The highest BCUT2D eigenvalue weighted by Gasteiger charge is 2.32. The Morgan fingerprint density at radius 1 is 1.29 bits per heavy atom. The van der Waals surface area contributed by atoms with Crippen LogP contribution in [0.5, 0.6) is 11.5 Å². The van der Waals surface area contributed by atoms with Gasteiger partial charge in [-0.3, -0.25) is 0 Å². The first-order valence-corrected chi connectivity index (χ1v) is 6.29. The first kappa shape index (κ1) is 17.9. The van der Waals surface area contributed by atoms with E-state index in [9.17, 15) is 18.3 Å². The second kappa shape index (κ2) is 7.20. The Kier molecular flexibility index (Phi) is 6.12. The van der Waals surface area contributed by atoms with Crippen LogP contribution < -0.4 is 10.5 Å². The zero-order valence-corrected chi connectivity index (χ0v) is 11.9. The lowest BCUT2D eigenvalue weighted by molar-refractivity contribution is -0.274. The van der Waals surface area contributed by atoms with Gasteiger partial charge in [-0.1, -0.05) is 0 Å². The molecule has 120 valence electrons. The molecule has 0 radical (unpaired) electrons. The van der Waals surface area contributed by atoms with Gasteiger partial charge >= 0.3 is 6.36 Å². The molecule has 1 saturated heterocycles. The molecule has 1 atom stereocenters. The van der Waals surface area contributed by atoms with Crippen molar-refractivity contribution in [1.82, 2.24) is 0 Å². The Balaban J connectivity index is 0.00000220. The maximum absolute atomic E-state index is 12.2. The van der Waals surface area contributed by atoms with E-state index in [4.69, 9.17) is 10.5 Å². The summed E-state index contributed by atoms with van der Waals surface area (Å²) < 4.78 is 45.6. The summed E-state index contributed by atoms with van der Waals surface area (Å²) in [6.07, 6.45) is -3.34. The molecule has 0 unspecified atom stereocenters. The van der Waals surface area contributed by atoms with E-state index in [0.717, 1.165) is 18.2 Å². The lowest BCUT2D eigenvalue weighted by Gasteiger charge is -2.28. The average Bonchev–Trinajstić information content (AvgIpc) is 2.40. The van der Waals surface area contributed by atoms with Crippen molar-refractivity contribution in [1.29, 1.82) is 0 Å². The molecule has 8 heteroatoms. The third-order valence-corrected chi connectivity index (χ3v) is 3.37. The van der Waals surface area contributed by atoms with Gasteiger partial charge in [-0.25, -0.2) is 0 Å². The smallest absolute Gasteiger partial charge is 0.508 e. The minimum absolute atomic E-state index is 0. The van der Waals surface area contributed by atoms with Crippen LogP contribution in [0.1, 0.15) is 24.4 Å². The normalized spacial score (nSPS) is 17.9. The van der Waals surface area contributed by atoms with Gasteiger partial charge < -0.3 is 20.3 Å². The molecular weight excluding hydrogens is 311 g/mol. The molecule has 1 fully saturated rings. The van der Waals surface area contributed by atoms with Crippen LogP contribution in [0, 0.1) is 5.92 Å². The van der Waals surface area contributed by atoms with Crippen molar-refractivity contribution < 1.29 is 27.8 Å². The first-order chi connectivity index (χ1) is 9.37. The summed E-state index contributed by atoms with van der Waals surface area (Å²) in [4.78, 5) is 0. The van der Waals surface area contributed by atoms with Gasteiger partial charge in [0.15, 0.2) is 0 Å². The molecule has 0 bridgehead atoms. The highest BCUT2D eigenvalue weighted by Crippen LogP contribution is 2.36. The fraction of sp³-hybridized carbons (Fsp3) is 0.538. The Morgan fingerprint density at radius 2 is 1.90 bits per heavy atom. The third-order valence-electron chi connectivity index (χ3n) is 3.37. The van der Waals surface area contributed by atoms with Gasteiger partial charge in [0.05, 0.1) is 0 Å². The van der Waals surface area contributed by atoms with Gasteiger partial charge in [-0.15, -0.1) is 25.6 Å². The lowest BCUT2D eigenvalue weighted by Crippen LogP contribution is -2.27. The summed E-state index contributed by atoms with van der Waals surface area (Å²) >= 11 is 0. The number of aromatic hydroxyl groups is 1. The van der Waals surface area contributed by atoms with E-state index in [1.54, 1.807) is 0 Å². The predicted octanol–water partition coefficient (Wildman–Crippen LogP) is 3.14. The third kappa shape index (κ3) is 4.94. The molecule has 1 aromatic rings. The van der Waals surface area contributed by atoms with Crippen molar-refractivity contribution in [2.45, 2.75) is 25.2 Å². The summed E-state index contributed by atoms with van der Waals surface area (Å²) in [7, 11) is 0. The summed E-state index contributed by atoms with van der Waals surface area (Å²) in [6, 6.07) is 2.82. The first-order valence-electron chi connectivity index (χ1n) is 6.29. The summed E-state index contributed by atoms with van der Waals surface area (Å²) in [5, 5.41) is 9.79. The molecular formula is C13H17ClF3NO3. The monoisotopic (exact) mass is 327 g/mol. The van der Waals surface area contributed by atoms with E-state index in [0.29, 0.717) is 26.1 Å².